The zero-order valence-electron chi connectivity index (χ0n) is 9.84. The second-order valence-corrected chi connectivity index (χ2v) is 4.31. The lowest BCUT2D eigenvalue weighted by Gasteiger charge is -2.12. The number of para-hydroxylation sites is 1. The van der Waals surface area contributed by atoms with Gasteiger partial charge in [-0.1, -0.05) is 6.07 Å². The van der Waals surface area contributed by atoms with Crippen molar-refractivity contribution in [3.8, 4) is 0 Å². The minimum atomic E-state index is -0.414. The fraction of sp³-hybridized carbons (Fsp3) is 0.167. The van der Waals surface area contributed by atoms with E-state index in [0.717, 1.165) is 5.69 Å². The molecule has 1 aromatic carbocycles. The highest BCUT2D eigenvalue weighted by Gasteiger charge is 2.13. The molecule has 2 aromatic rings. The van der Waals surface area contributed by atoms with Crippen LogP contribution in [0.3, 0.4) is 0 Å². The number of benzene rings is 1. The van der Waals surface area contributed by atoms with Crippen LogP contribution in [0, 0.1) is 0 Å². The molecule has 0 spiro atoms. The Morgan fingerprint density at radius 3 is 3.06 bits per heavy atom. The summed E-state index contributed by atoms with van der Waals surface area (Å²) < 4.78 is 4.72. The van der Waals surface area contributed by atoms with Crippen LogP contribution in [0.5, 0.6) is 0 Å². The monoisotopic (exact) mass is 263 g/mol. The topological polar surface area (TPSA) is 77.2 Å². The minimum Gasteiger partial charge on any atom is -0.465 e. The molecule has 0 saturated carbocycles. The lowest BCUT2D eigenvalue weighted by molar-refractivity contribution is 0.0602. The van der Waals surface area contributed by atoms with Crippen LogP contribution in [-0.4, -0.2) is 18.1 Å². The van der Waals surface area contributed by atoms with Crippen molar-refractivity contribution in [1.29, 1.82) is 0 Å². The number of nitrogens with one attached hydrogen (secondary N) is 1. The first-order valence-electron chi connectivity index (χ1n) is 5.30. The molecule has 3 N–H and O–H groups in total. The number of rotatable bonds is 4. The third-order valence-electron chi connectivity index (χ3n) is 2.43. The van der Waals surface area contributed by atoms with Crippen molar-refractivity contribution in [2.24, 2.45) is 0 Å². The number of esters is 1. The van der Waals surface area contributed by atoms with Crippen molar-refractivity contribution < 1.29 is 9.53 Å². The van der Waals surface area contributed by atoms with Gasteiger partial charge in [0.05, 0.1) is 41.8 Å². The highest BCUT2D eigenvalue weighted by molar-refractivity contribution is 7.07. The molecule has 5 nitrogen and oxygen atoms in total. The summed E-state index contributed by atoms with van der Waals surface area (Å²) in [4.78, 5) is 15.8. The lowest BCUT2D eigenvalue weighted by atomic mass is 10.1. The van der Waals surface area contributed by atoms with Crippen LogP contribution < -0.4 is 11.1 Å². The van der Waals surface area contributed by atoms with Crippen molar-refractivity contribution in [1.82, 2.24) is 4.98 Å². The van der Waals surface area contributed by atoms with E-state index in [1.165, 1.54) is 18.4 Å². The second kappa shape index (κ2) is 5.50. The SMILES string of the molecule is COC(=O)c1cccc(N)c1NCc1cscn1. The van der Waals surface area contributed by atoms with E-state index < -0.39 is 5.97 Å². The molecule has 0 fully saturated rings. The van der Waals surface area contributed by atoms with Gasteiger partial charge in [0.1, 0.15) is 0 Å². The molecule has 0 aliphatic carbocycles. The van der Waals surface area contributed by atoms with Gasteiger partial charge in [-0.2, -0.15) is 0 Å². The van der Waals surface area contributed by atoms with Crippen LogP contribution in [0.15, 0.2) is 29.1 Å². The van der Waals surface area contributed by atoms with Gasteiger partial charge in [-0.3, -0.25) is 0 Å². The Hall–Kier alpha value is -2.08. The number of methoxy groups -OCH3 is 1. The maximum absolute atomic E-state index is 11.6. The molecule has 0 unspecified atom stereocenters. The van der Waals surface area contributed by atoms with E-state index in [1.54, 1.807) is 23.7 Å². The Labute approximate surface area is 109 Å². The average Bonchev–Trinajstić information content (AvgIpc) is 2.89. The Balaban J connectivity index is 2.22. The summed E-state index contributed by atoms with van der Waals surface area (Å²) in [6, 6.07) is 5.12. The molecule has 18 heavy (non-hydrogen) atoms. The van der Waals surface area contributed by atoms with E-state index in [0.29, 0.717) is 23.5 Å². The Kier molecular flexibility index (Phi) is 3.78. The largest absolute Gasteiger partial charge is 0.465 e. The van der Waals surface area contributed by atoms with Crippen LogP contribution >= 0.6 is 11.3 Å². The van der Waals surface area contributed by atoms with Gasteiger partial charge in [0.2, 0.25) is 0 Å². The van der Waals surface area contributed by atoms with Gasteiger partial charge in [0.25, 0.3) is 0 Å². The number of hydrogen-bond donors (Lipinski definition) is 2. The summed E-state index contributed by atoms with van der Waals surface area (Å²) in [5.74, 6) is -0.414. The summed E-state index contributed by atoms with van der Waals surface area (Å²) in [6.07, 6.45) is 0. The van der Waals surface area contributed by atoms with E-state index in [9.17, 15) is 4.79 Å². The molecule has 0 amide bonds. The van der Waals surface area contributed by atoms with Gasteiger partial charge in [-0.05, 0) is 12.1 Å². The molecule has 0 aliphatic heterocycles. The van der Waals surface area contributed by atoms with E-state index in [4.69, 9.17) is 10.5 Å². The van der Waals surface area contributed by atoms with E-state index in [1.807, 2.05) is 5.38 Å². The van der Waals surface area contributed by atoms with Crippen LogP contribution in [0.4, 0.5) is 11.4 Å². The van der Waals surface area contributed by atoms with E-state index >= 15 is 0 Å². The number of hydrogen-bond acceptors (Lipinski definition) is 6. The van der Waals surface area contributed by atoms with Crippen molar-refractivity contribution in [2.45, 2.75) is 6.54 Å². The zero-order chi connectivity index (χ0) is 13.0. The summed E-state index contributed by atoms with van der Waals surface area (Å²) >= 11 is 1.52. The van der Waals surface area contributed by atoms with Gasteiger partial charge in [0, 0.05) is 5.38 Å². The number of nitrogens with two attached hydrogens (primary N) is 1. The van der Waals surface area contributed by atoms with Gasteiger partial charge in [-0.25, -0.2) is 9.78 Å². The molecule has 94 valence electrons. The van der Waals surface area contributed by atoms with Crippen LogP contribution in [-0.2, 0) is 11.3 Å². The summed E-state index contributed by atoms with van der Waals surface area (Å²) in [5, 5.41) is 5.05. The van der Waals surface area contributed by atoms with Crippen molar-refractivity contribution in [2.75, 3.05) is 18.2 Å². The van der Waals surface area contributed by atoms with E-state index in [-0.39, 0.29) is 0 Å². The molecule has 1 aromatic heterocycles. The number of carbonyl (C=O) groups excluding carboxylic acids is 1. The standard InChI is InChI=1S/C12H13N3O2S/c1-17-12(16)9-3-2-4-10(13)11(9)14-5-8-6-18-7-15-8/h2-4,6-7,14H,5,13H2,1H3. The average molecular weight is 263 g/mol. The zero-order valence-corrected chi connectivity index (χ0v) is 10.7. The number of thiazole rings is 1. The first-order valence-corrected chi connectivity index (χ1v) is 6.24. The third kappa shape index (κ3) is 2.60. The first-order chi connectivity index (χ1) is 8.72. The fourth-order valence-electron chi connectivity index (χ4n) is 1.55. The lowest BCUT2D eigenvalue weighted by Crippen LogP contribution is -2.10. The molecule has 0 bridgehead atoms. The molecule has 0 aliphatic rings. The predicted molar refractivity (Wildman–Crippen MR) is 71.6 cm³/mol. The fourth-order valence-corrected chi connectivity index (χ4v) is 2.11. The summed E-state index contributed by atoms with van der Waals surface area (Å²) in [6.45, 7) is 0.516. The number of carbonyl (C=O) groups is 1. The van der Waals surface area contributed by atoms with Crippen LogP contribution in [0.2, 0.25) is 0 Å². The number of aromatic nitrogens is 1. The predicted octanol–water partition coefficient (Wildman–Crippen LogP) is 2.12. The Bertz CT molecular complexity index is 540. The molecule has 0 saturated heterocycles. The van der Waals surface area contributed by atoms with Gasteiger partial charge in [-0.15, -0.1) is 11.3 Å². The Morgan fingerprint density at radius 1 is 1.56 bits per heavy atom. The first kappa shape index (κ1) is 12.4. The quantitative estimate of drug-likeness (QED) is 0.652. The number of nitrogen functional groups attached to an aromatic ring is 1. The van der Waals surface area contributed by atoms with Crippen molar-refractivity contribution >= 4 is 28.7 Å². The maximum Gasteiger partial charge on any atom is 0.340 e. The smallest absolute Gasteiger partial charge is 0.340 e. The number of anilines is 2. The molecular formula is C12H13N3O2S. The summed E-state index contributed by atoms with van der Waals surface area (Å²) in [7, 11) is 1.34. The molecule has 1 heterocycles. The number of nitrogens with zero attached hydrogens (tertiary/aromatic N) is 1. The van der Waals surface area contributed by atoms with Crippen molar-refractivity contribution in [3.05, 3.63) is 40.3 Å². The molecule has 0 atom stereocenters. The van der Waals surface area contributed by atoms with E-state index in [2.05, 4.69) is 10.3 Å². The van der Waals surface area contributed by atoms with Crippen molar-refractivity contribution in [3.63, 3.8) is 0 Å². The van der Waals surface area contributed by atoms with Crippen LogP contribution in [0.25, 0.3) is 0 Å². The van der Waals surface area contributed by atoms with Crippen LogP contribution in [0.1, 0.15) is 16.1 Å². The molecule has 0 radical (unpaired) electrons. The van der Waals surface area contributed by atoms with Gasteiger partial charge < -0.3 is 15.8 Å². The Morgan fingerprint density at radius 2 is 2.39 bits per heavy atom. The normalized spacial score (nSPS) is 10.1. The van der Waals surface area contributed by atoms with Gasteiger partial charge >= 0.3 is 5.97 Å². The maximum atomic E-state index is 11.6. The third-order valence-corrected chi connectivity index (χ3v) is 3.07. The summed E-state index contributed by atoms with van der Waals surface area (Å²) in [5.41, 5.74) is 10.0. The highest BCUT2D eigenvalue weighted by Crippen LogP contribution is 2.24. The minimum absolute atomic E-state index is 0.414. The molecule has 6 heteroatoms. The number of ether oxygens (including phenoxy) is 1. The highest BCUT2D eigenvalue weighted by atomic mass is 32.1. The van der Waals surface area contributed by atoms with Gasteiger partial charge in [0.15, 0.2) is 0 Å². The molecule has 2 rings (SSSR count). The second-order valence-electron chi connectivity index (χ2n) is 3.59. The molecular weight excluding hydrogens is 250 g/mol.